The number of nitrogens with one attached hydrogen (secondary N) is 1. The monoisotopic (exact) mass is 455 g/mol. The maximum atomic E-state index is 13.4. The summed E-state index contributed by atoms with van der Waals surface area (Å²) in [6.45, 7) is -0.284. The number of nitrogens with zero attached hydrogens (tertiary/aromatic N) is 6. The summed E-state index contributed by atoms with van der Waals surface area (Å²) >= 11 is 0. The van der Waals surface area contributed by atoms with E-state index in [9.17, 15) is 18.0 Å². The molecular formula is C21H16F3N7O2. The summed E-state index contributed by atoms with van der Waals surface area (Å²) in [6.07, 6.45) is -0.0437. The Bertz CT molecular complexity index is 1280. The zero-order valence-corrected chi connectivity index (χ0v) is 17.0. The molecule has 4 aromatic rings. The SMILES string of the molecule is O=C(Nc1ccc(-c2ncon2)cn1)c1cccc(-c2ccnn2CC2(C(F)(F)F)CC2)n1. The van der Waals surface area contributed by atoms with Crippen LogP contribution in [0.1, 0.15) is 23.3 Å². The van der Waals surface area contributed by atoms with Crippen molar-refractivity contribution in [2.24, 2.45) is 5.41 Å². The van der Waals surface area contributed by atoms with E-state index in [1.807, 2.05) is 0 Å². The van der Waals surface area contributed by atoms with Gasteiger partial charge in [0.1, 0.15) is 11.5 Å². The van der Waals surface area contributed by atoms with Crippen molar-refractivity contribution in [3.8, 4) is 22.8 Å². The Morgan fingerprint density at radius 1 is 1.15 bits per heavy atom. The highest BCUT2D eigenvalue weighted by Crippen LogP contribution is 2.58. The predicted octanol–water partition coefficient (Wildman–Crippen LogP) is 3.98. The number of carbonyl (C=O) groups is 1. The van der Waals surface area contributed by atoms with Crippen molar-refractivity contribution in [3.05, 3.63) is 60.9 Å². The van der Waals surface area contributed by atoms with E-state index in [0.717, 1.165) is 0 Å². The van der Waals surface area contributed by atoms with E-state index >= 15 is 0 Å². The van der Waals surface area contributed by atoms with E-state index in [-0.39, 0.29) is 30.9 Å². The smallest absolute Gasteiger partial charge is 0.342 e. The number of pyridine rings is 2. The van der Waals surface area contributed by atoms with Gasteiger partial charge in [0, 0.05) is 18.0 Å². The molecule has 9 nitrogen and oxygen atoms in total. The van der Waals surface area contributed by atoms with Gasteiger partial charge in [0.25, 0.3) is 5.91 Å². The molecule has 0 spiro atoms. The van der Waals surface area contributed by atoms with Crippen LogP contribution in [0, 0.1) is 5.41 Å². The molecule has 1 fully saturated rings. The van der Waals surface area contributed by atoms with E-state index < -0.39 is 17.5 Å². The van der Waals surface area contributed by atoms with Gasteiger partial charge in [0.15, 0.2) is 0 Å². The number of anilines is 1. The third-order valence-electron chi connectivity index (χ3n) is 5.49. The average Bonchev–Trinajstić information content (AvgIpc) is 3.20. The van der Waals surface area contributed by atoms with Crippen molar-refractivity contribution < 1.29 is 22.5 Å². The van der Waals surface area contributed by atoms with Crippen LogP contribution in [-0.4, -0.2) is 42.0 Å². The molecule has 1 amide bonds. The number of amides is 1. The van der Waals surface area contributed by atoms with Crippen molar-refractivity contribution in [2.75, 3.05) is 5.32 Å². The minimum Gasteiger partial charge on any atom is -0.342 e. The second kappa shape index (κ2) is 7.80. The molecule has 0 bridgehead atoms. The highest BCUT2D eigenvalue weighted by molar-refractivity contribution is 6.02. The van der Waals surface area contributed by atoms with Crippen LogP contribution in [0.5, 0.6) is 0 Å². The first-order valence-corrected chi connectivity index (χ1v) is 9.95. The van der Waals surface area contributed by atoms with E-state index in [4.69, 9.17) is 0 Å². The van der Waals surface area contributed by atoms with Gasteiger partial charge in [-0.15, -0.1) is 0 Å². The minimum atomic E-state index is -4.29. The number of aromatic nitrogens is 6. The lowest BCUT2D eigenvalue weighted by molar-refractivity contribution is -0.191. The summed E-state index contributed by atoms with van der Waals surface area (Å²) in [7, 11) is 0. The van der Waals surface area contributed by atoms with Crippen LogP contribution < -0.4 is 5.32 Å². The van der Waals surface area contributed by atoms with Crippen molar-refractivity contribution in [2.45, 2.75) is 25.6 Å². The number of hydrogen-bond donors (Lipinski definition) is 1. The van der Waals surface area contributed by atoms with E-state index in [1.165, 1.54) is 29.5 Å². The van der Waals surface area contributed by atoms with Crippen LogP contribution in [-0.2, 0) is 6.54 Å². The van der Waals surface area contributed by atoms with Crippen LogP contribution in [0.25, 0.3) is 22.8 Å². The molecular weight excluding hydrogens is 439 g/mol. The van der Waals surface area contributed by atoms with E-state index in [2.05, 4.69) is 35.0 Å². The van der Waals surface area contributed by atoms with Crippen molar-refractivity contribution in [1.29, 1.82) is 0 Å². The largest absolute Gasteiger partial charge is 0.396 e. The van der Waals surface area contributed by atoms with Crippen LogP contribution in [0.2, 0.25) is 0 Å². The summed E-state index contributed by atoms with van der Waals surface area (Å²) in [5, 5.41) is 10.4. The third kappa shape index (κ3) is 4.06. The first kappa shape index (κ1) is 20.8. The van der Waals surface area contributed by atoms with Gasteiger partial charge in [-0.3, -0.25) is 9.48 Å². The van der Waals surface area contributed by atoms with E-state index in [1.54, 1.807) is 30.3 Å². The molecule has 5 rings (SSSR count). The summed E-state index contributed by atoms with van der Waals surface area (Å²) in [5.74, 6) is 0.131. The Kier molecular flexibility index (Phi) is 4.91. The summed E-state index contributed by atoms with van der Waals surface area (Å²) < 4.78 is 46.1. The number of halogens is 3. The number of hydrogen-bond acceptors (Lipinski definition) is 7. The highest BCUT2D eigenvalue weighted by atomic mass is 19.4. The molecule has 168 valence electrons. The molecule has 0 aromatic carbocycles. The lowest BCUT2D eigenvalue weighted by Crippen LogP contribution is -2.29. The molecule has 4 heterocycles. The van der Waals surface area contributed by atoms with Crippen LogP contribution in [0.15, 0.2) is 59.7 Å². The molecule has 0 saturated heterocycles. The van der Waals surface area contributed by atoms with Crippen LogP contribution in [0.4, 0.5) is 19.0 Å². The standard InChI is InChI=1S/C21H16F3N7O2/c22-21(23,24)20(7-8-20)11-31-16(6-9-27-31)14-2-1-3-15(28-14)19(32)29-17-5-4-13(10-25-17)18-26-12-33-30-18/h1-6,9-10,12H,7-8,11H2,(H,25,29,32). The Morgan fingerprint density at radius 3 is 2.67 bits per heavy atom. The Hall–Kier alpha value is -4.09. The first-order chi connectivity index (χ1) is 15.8. The van der Waals surface area contributed by atoms with Crippen molar-refractivity contribution in [1.82, 2.24) is 29.9 Å². The zero-order chi connectivity index (χ0) is 23.1. The summed E-state index contributed by atoms with van der Waals surface area (Å²) in [5.41, 5.74) is -0.299. The van der Waals surface area contributed by atoms with Gasteiger partial charge in [-0.05, 0) is 43.2 Å². The van der Waals surface area contributed by atoms with Crippen LogP contribution >= 0.6 is 0 Å². The molecule has 1 aliphatic carbocycles. The molecule has 1 saturated carbocycles. The summed E-state index contributed by atoms with van der Waals surface area (Å²) in [4.78, 5) is 25.1. The van der Waals surface area contributed by atoms with E-state index in [0.29, 0.717) is 22.8 Å². The van der Waals surface area contributed by atoms with Gasteiger partial charge in [0.05, 0.1) is 23.3 Å². The lowest BCUT2D eigenvalue weighted by Gasteiger charge is -2.20. The Labute approximate surface area is 184 Å². The molecule has 0 aliphatic heterocycles. The third-order valence-corrected chi connectivity index (χ3v) is 5.49. The quantitative estimate of drug-likeness (QED) is 0.468. The molecule has 1 aliphatic rings. The van der Waals surface area contributed by atoms with Gasteiger partial charge >= 0.3 is 6.18 Å². The van der Waals surface area contributed by atoms with Crippen molar-refractivity contribution in [3.63, 3.8) is 0 Å². The fourth-order valence-corrected chi connectivity index (χ4v) is 3.43. The van der Waals surface area contributed by atoms with Gasteiger partial charge < -0.3 is 9.84 Å². The highest BCUT2D eigenvalue weighted by Gasteiger charge is 2.63. The second-order valence-electron chi connectivity index (χ2n) is 7.70. The molecule has 1 N–H and O–H groups in total. The van der Waals surface area contributed by atoms with Gasteiger partial charge in [0.2, 0.25) is 12.2 Å². The second-order valence-corrected chi connectivity index (χ2v) is 7.70. The zero-order valence-electron chi connectivity index (χ0n) is 17.0. The molecule has 0 radical (unpaired) electrons. The Balaban J connectivity index is 1.33. The molecule has 33 heavy (non-hydrogen) atoms. The topological polar surface area (TPSA) is 112 Å². The number of alkyl halides is 3. The first-order valence-electron chi connectivity index (χ1n) is 9.95. The Morgan fingerprint density at radius 2 is 2.00 bits per heavy atom. The maximum Gasteiger partial charge on any atom is 0.396 e. The molecule has 4 aromatic heterocycles. The van der Waals surface area contributed by atoms with Gasteiger partial charge in [-0.1, -0.05) is 11.2 Å². The number of rotatable bonds is 6. The fraction of sp³-hybridized carbons (Fsp3) is 0.238. The van der Waals surface area contributed by atoms with Gasteiger partial charge in [-0.25, -0.2) is 9.97 Å². The van der Waals surface area contributed by atoms with Crippen molar-refractivity contribution >= 4 is 11.7 Å². The fourth-order valence-electron chi connectivity index (χ4n) is 3.43. The molecule has 12 heteroatoms. The minimum absolute atomic E-state index is 0.0736. The predicted molar refractivity (Wildman–Crippen MR) is 109 cm³/mol. The number of carbonyl (C=O) groups excluding carboxylic acids is 1. The lowest BCUT2D eigenvalue weighted by atomic mass is 10.1. The molecule has 0 unspecified atom stereocenters. The molecule has 0 atom stereocenters. The van der Waals surface area contributed by atoms with Gasteiger partial charge in [-0.2, -0.15) is 23.3 Å². The average molecular weight is 455 g/mol. The summed E-state index contributed by atoms with van der Waals surface area (Å²) in [6, 6.07) is 9.56. The normalized spacial score (nSPS) is 14.8. The van der Waals surface area contributed by atoms with Crippen LogP contribution in [0.3, 0.4) is 0 Å². The maximum absolute atomic E-state index is 13.4.